The van der Waals surface area contributed by atoms with Crippen molar-refractivity contribution in [3.63, 3.8) is 0 Å². The first-order valence-electron chi connectivity index (χ1n) is 8.54. The van der Waals surface area contributed by atoms with Gasteiger partial charge in [0.1, 0.15) is 0 Å². The maximum atomic E-state index is 12.4. The van der Waals surface area contributed by atoms with E-state index < -0.39 is 0 Å². The van der Waals surface area contributed by atoms with E-state index in [1.807, 2.05) is 36.0 Å². The standard InChI is InChI=1S/C20H24N2OS.ClH/c1-2-24-14-15-7-9-17(10-8-15)20(23)22-13-19-18-6-4-3-5-16(18)11-12-21-19;/h3-10,19,21H,2,11-14H2,1H3,(H,22,23);1H. The third kappa shape index (κ3) is 5.24. The van der Waals surface area contributed by atoms with E-state index in [0.29, 0.717) is 6.54 Å². The zero-order chi connectivity index (χ0) is 16.8. The number of hydrogen-bond acceptors (Lipinski definition) is 3. The van der Waals surface area contributed by atoms with Gasteiger partial charge in [0.2, 0.25) is 0 Å². The average Bonchev–Trinajstić information content (AvgIpc) is 2.64. The van der Waals surface area contributed by atoms with Crippen LogP contribution in [0.4, 0.5) is 0 Å². The summed E-state index contributed by atoms with van der Waals surface area (Å²) in [6.45, 7) is 3.73. The number of rotatable bonds is 6. The van der Waals surface area contributed by atoms with E-state index >= 15 is 0 Å². The van der Waals surface area contributed by atoms with Gasteiger partial charge in [-0.3, -0.25) is 4.79 Å². The summed E-state index contributed by atoms with van der Waals surface area (Å²) in [6.07, 6.45) is 1.05. The fourth-order valence-corrected chi connectivity index (χ4v) is 3.68. The summed E-state index contributed by atoms with van der Waals surface area (Å²) in [4.78, 5) is 12.4. The predicted molar refractivity (Wildman–Crippen MR) is 109 cm³/mol. The van der Waals surface area contributed by atoms with E-state index in [1.54, 1.807) is 0 Å². The fraction of sp³-hybridized carbons (Fsp3) is 0.350. The number of fused-ring (bicyclic) bond motifs is 1. The van der Waals surface area contributed by atoms with Crippen LogP contribution in [0.25, 0.3) is 0 Å². The lowest BCUT2D eigenvalue weighted by atomic mass is 9.94. The van der Waals surface area contributed by atoms with Crippen molar-refractivity contribution in [2.45, 2.75) is 25.1 Å². The summed E-state index contributed by atoms with van der Waals surface area (Å²) in [5.41, 5.74) is 4.68. The molecular weight excluding hydrogens is 352 g/mol. The van der Waals surface area contributed by atoms with Gasteiger partial charge in [-0.05, 0) is 47.5 Å². The monoisotopic (exact) mass is 376 g/mol. The predicted octanol–water partition coefficient (Wildman–Crippen LogP) is 3.98. The number of carbonyl (C=O) groups is 1. The molecule has 2 N–H and O–H groups in total. The molecule has 25 heavy (non-hydrogen) atoms. The first kappa shape index (κ1) is 19.8. The lowest BCUT2D eigenvalue weighted by Crippen LogP contribution is -2.38. The Labute approximate surface area is 160 Å². The van der Waals surface area contributed by atoms with Gasteiger partial charge in [0.05, 0.1) is 0 Å². The zero-order valence-electron chi connectivity index (χ0n) is 14.5. The molecule has 0 aliphatic carbocycles. The van der Waals surface area contributed by atoms with Crippen molar-refractivity contribution < 1.29 is 4.79 Å². The Morgan fingerprint density at radius 1 is 1.20 bits per heavy atom. The van der Waals surface area contributed by atoms with Crippen molar-refractivity contribution >= 4 is 30.1 Å². The zero-order valence-corrected chi connectivity index (χ0v) is 16.1. The molecule has 134 valence electrons. The highest BCUT2D eigenvalue weighted by molar-refractivity contribution is 7.98. The smallest absolute Gasteiger partial charge is 0.251 e. The molecule has 0 radical (unpaired) electrons. The molecule has 5 heteroatoms. The Bertz CT molecular complexity index is 690. The second-order valence-electron chi connectivity index (χ2n) is 6.00. The van der Waals surface area contributed by atoms with Gasteiger partial charge >= 0.3 is 0 Å². The normalized spacial score (nSPS) is 15.8. The van der Waals surface area contributed by atoms with Crippen LogP contribution in [0.5, 0.6) is 0 Å². The Hall–Kier alpha value is -1.49. The van der Waals surface area contributed by atoms with E-state index in [1.165, 1.54) is 16.7 Å². The topological polar surface area (TPSA) is 41.1 Å². The van der Waals surface area contributed by atoms with Crippen LogP contribution in [0.15, 0.2) is 48.5 Å². The van der Waals surface area contributed by atoms with Gasteiger partial charge in [-0.25, -0.2) is 0 Å². The van der Waals surface area contributed by atoms with E-state index in [2.05, 4.69) is 41.8 Å². The number of halogens is 1. The highest BCUT2D eigenvalue weighted by Crippen LogP contribution is 2.22. The van der Waals surface area contributed by atoms with Gasteiger partial charge in [0.15, 0.2) is 0 Å². The van der Waals surface area contributed by atoms with Crippen molar-refractivity contribution in [2.24, 2.45) is 0 Å². The molecule has 1 aliphatic heterocycles. The maximum absolute atomic E-state index is 12.4. The summed E-state index contributed by atoms with van der Waals surface area (Å²) in [5.74, 6) is 2.11. The molecule has 0 spiro atoms. The van der Waals surface area contributed by atoms with Crippen LogP contribution >= 0.6 is 24.2 Å². The molecule has 1 aliphatic rings. The highest BCUT2D eigenvalue weighted by Gasteiger charge is 2.19. The van der Waals surface area contributed by atoms with Crippen LogP contribution in [0, 0.1) is 0 Å². The number of carbonyl (C=O) groups excluding carboxylic acids is 1. The SMILES string of the molecule is CCSCc1ccc(C(=O)NCC2NCCc3ccccc32)cc1.Cl. The van der Waals surface area contributed by atoms with E-state index in [9.17, 15) is 4.79 Å². The van der Waals surface area contributed by atoms with E-state index in [-0.39, 0.29) is 24.4 Å². The second-order valence-corrected chi connectivity index (χ2v) is 7.27. The molecule has 2 aromatic carbocycles. The molecule has 1 unspecified atom stereocenters. The molecule has 0 saturated heterocycles. The Balaban J connectivity index is 0.00000225. The van der Waals surface area contributed by atoms with Crippen LogP contribution < -0.4 is 10.6 Å². The molecule has 0 bridgehead atoms. The lowest BCUT2D eigenvalue weighted by molar-refractivity contribution is 0.0949. The van der Waals surface area contributed by atoms with Gasteiger partial charge in [0, 0.05) is 23.9 Å². The largest absolute Gasteiger partial charge is 0.350 e. The number of nitrogens with one attached hydrogen (secondary N) is 2. The Morgan fingerprint density at radius 2 is 1.96 bits per heavy atom. The molecule has 3 rings (SSSR count). The Morgan fingerprint density at radius 3 is 2.72 bits per heavy atom. The minimum absolute atomic E-state index is 0. The summed E-state index contributed by atoms with van der Waals surface area (Å²) in [7, 11) is 0. The van der Waals surface area contributed by atoms with Crippen LogP contribution in [-0.2, 0) is 12.2 Å². The maximum Gasteiger partial charge on any atom is 0.251 e. The molecular formula is C20H25ClN2OS. The summed E-state index contributed by atoms with van der Waals surface area (Å²) < 4.78 is 0. The van der Waals surface area contributed by atoms with Crippen molar-refractivity contribution in [3.05, 3.63) is 70.8 Å². The van der Waals surface area contributed by atoms with Gasteiger partial charge in [-0.15, -0.1) is 12.4 Å². The van der Waals surface area contributed by atoms with Gasteiger partial charge < -0.3 is 10.6 Å². The third-order valence-corrected chi connectivity index (χ3v) is 5.32. The van der Waals surface area contributed by atoms with Crippen LogP contribution in [0.1, 0.15) is 40.0 Å². The van der Waals surface area contributed by atoms with Gasteiger partial charge in [0.25, 0.3) is 5.91 Å². The minimum atomic E-state index is -0.00505. The van der Waals surface area contributed by atoms with Crippen LogP contribution in [-0.4, -0.2) is 24.7 Å². The Kier molecular flexibility index (Phi) is 7.82. The number of benzene rings is 2. The van der Waals surface area contributed by atoms with Crippen molar-refractivity contribution in [3.8, 4) is 0 Å². The van der Waals surface area contributed by atoms with E-state index in [0.717, 1.165) is 30.0 Å². The third-order valence-electron chi connectivity index (χ3n) is 4.37. The molecule has 0 saturated carbocycles. The number of amides is 1. The van der Waals surface area contributed by atoms with Crippen molar-refractivity contribution in [2.75, 3.05) is 18.8 Å². The second kappa shape index (κ2) is 9.85. The average molecular weight is 377 g/mol. The van der Waals surface area contributed by atoms with Crippen molar-refractivity contribution in [1.82, 2.24) is 10.6 Å². The first-order valence-corrected chi connectivity index (χ1v) is 9.69. The van der Waals surface area contributed by atoms with E-state index in [4.69, 9.17) is 0 Å². The molecule has 1 amide bonds. The number of thioether (sulfide) groups is 1. The summed E-state index contributed by atoms with van der Waals surface area (Å²) >= 11 is 1.89. The molecule has 2 aromatic rings. The number of hydrogen-bond donors (Lipinski definition) is 2. The van der Waals surface area contributed by atoms with Gasteiger partial charge in [-0.1, -0.05) is 43.3 Å². The molecule has 1 atom stereocenters. The quantitative estimate of drug-likeness (QED) is 0.801. The minimum Gasteiger partial charge on any atom is -0.350 e. The van der Waals surface area contributed by atoms with Crippen LogP contribution in [0.2, 0.25) is 0 Å². The summed E-state index contributed by atoms with van der Waals surface area (Å²) in [6, 6.07) is 16.6. The molecule has 0 aromatic heterocycles. The van der Waals surface area contributed by atoms with Crippen LogP contribution in [0.3, 0.4) is 0 Å². The van der Waals surface area contributed by atoms with Gasteiger partial charge in [-0.2, -0.15) is 11.8 Å². The fourth-order valence-electron chi connectivity index (χ4n) is 3.04. The molecule has 1 heterocycles. The molecule has 3 nitrogen and oxygen atoms in total. The molecule has 0 fully saturated rings. The first-order chi connectivity index (χ1) is 11.8. The summed E-state index contributed by atoms with van der Waals surface area (Å²) in [5, 5.41) is 6.56. The van der Waals surface area contributed by atoms with Crippen molar-refractivity contribution in [1.29, 1.82) is 0 Å². The highest BCUT2D eigenvalue weighted by atomic mass is 35.5. The lowest BCUT2D eigenvalue weighted by Gasteiger charge is -2.27.